The first-order chi connectivity index (χ1) is 17.4. The Morgan fingerprint density at radius 2 is 2.06 bits per heavy atom. The molecule has 3 heterocycles. The third-order valence-electron chi connectivity index (χ3n) is 6.56. The van der Waals surface area contributed by atoms with Crippen LogP contribution in [0.1, 0.15) is 29.7 Å². The molecule has 186 valence electrons. The number of hydrogen-bond acceptors (Lipinski definition) is 6. The highest BCUT2D eigenvalue weighted by Gasteiger charge is 2.50. The average Bonchev–Trinajstić information content (AvgIpc) is 3.49. The summed E-state index contributed by atoms with van der Waals surface area (Å²) < 4.78 is 21.3. The highest BCUT2D eigenvalue weighted by molar-refractivity contribution is 6.03. The van der Waals surface area contributed by atoms with E-state index in [-0.39, 0.29) is 12.4 Å². The fourth-order valence-electron chi connectivity index (χ4n) is 4.83. The monoisotopic (exact) mass is 489 g/mol. The lowest BCUT2D eigenvalue weighted by Gasteiger charge is -2.41. The van der Waals surface area contributed by atoms with Gasteiger partial charge in [-0.05, 0) is 73.4 Å². The number of carbonyl (C=O) groups is 1. The summed E-state index contributed by atoms with van der Waals surface area (Å²) in [5.74, 6) is 1.12. The van der Waals surface area contributed by atoms with Crippen LogP contribution < -0.4 is 4.74 Å². The lowest BCUT2D eigenvalue weighted by atomic mass is 9.94. The number of likely N-dealkylation sites (N-methyl/N-ethyl adjacent to an activating group) is 1. The van der Waals surface area contributed by atoms with Gasteiger partial charge in [0.1, 0.15) is 11.6 Å². The molecule has 5 rings (SSSR count). The molecular weight excluding hydrogens is 461 g/mol. The summed E-state index contributed by atoms with van der Waals surface area (Å²) in [4.78, 5) is 25.5. The van der Waals surface area contributed by atoms with Gasteiger partial charge in [-0.3, -0.25) is 4.79 Å². The van der Waals surface area contributed by atoms with Crippen LogP contribution in [0.25, 0.3) is 11.8 Å². The zero-order valence-corrected chi connectivity index (χ0v) is 20.5. The van der Waals surface area contributed by atoms with Crippen molar-refractivity contribution in [2.45, 2.75) is 25.5 Å². The summed E-state index contributed by atoms with van der Waals surface area (Å²) in [6.45, 7) is 2.89. The van der Waals surface area contributed by atoms with Gasteiger partial charge in [-0.15, -0.1) is 0 Å². The van der Waals surface area contributed by atoms with Gasteiger partial charge in [-0.25, -0.2) is 9.37 Å². The predicted octanol–water partition coefficient (Wildman–Crippen LogP) is 4.09. The van der Waals surface area contributed by atoms with Crippen molar-refractivity contribution >= 4 is 18.3 Å². The number of rotatable bonds is 7. The first-order valence-electron chi connectivity index (χ1n) is 11.8. The van der Waals surface area contributed by atoms with Gasteiger partial charge in [-0.2, -0.15) is 0 Å². The Morgan fingerprint density at radius 3 is 2.75 bits per heavy atom. The van der Waals surface area contributed by atoms with Crippen molar-refractivity contribution in [3.63, 3.8) is 0 Å². The maximum Gasteiger partial charge on any atom is 0.254 e. The van der Waals surface area contributed by atoms with Crippen LogP contribution in [0.5, 0.6) is 5.75 Å². The van der Waals surface area contributed by atoms with Crippen LogP contribution in [0.15, 0.2) is 65.7 Å². The third-order valence-corrected chi connectivity index (χ3v) is 6.56. The van der Waals surface area contributed by atoms with Gasteiger partial charge in [0, 0.05) is 25.4 Å². The summed E-state index contributed by atoms with van der Waals surface area (Å²) in [7, 11) is 3.34. The number of hydrogen-bond donors (Lipinski definition) is 0. The van der Waals surface area contributed by atoms with Crippen molar-refractivity contribution in [3.05, 3.63) is 83.2 Å². The number of amidine groups is 1. The number of oxime groups is 1. The number of ether oxygens (including phenoxy) is 1. The largest absolute Gasteiger partial charge is 0.495 e. The molecule has 0 spiro atoms. The Balaban J connectivity index is 1.49. The molecule has 0 radical (unpaired) electrons. The minimum atomic E-state index is -1.03. The summed E-state index contributed by atoms with van der Waals surface area (Å²) in [6.07, 6.45) is 8.26. The molecule has 0 bridgehead atoms. The van der Waals surface area contributed by atoms with E-state index >= 15 is 0 Å². The minimum absolute atomic E-state index is 0.245. The number of halogens is 1. The molecule has 0 N–H and O–H groups in total. The normalized spacial score (nSPS) is 20.1. The van der Waals surface area contributed by atoms with E-state index in [2.05, 4.69) is 21.1 Å². The average molecular weight is 490 g/mol. The Kier molecular flexibility index (Phi) is 6.22. The van der Waals surface area contributed by atoms with Crippen LogP contribution in [0.2, 0.25) is 0 Å². The SMILES string of the molecule is COc1cc(C=C2CCCN3C2=NO[C@]3(CN(C)C=O)c2ccc(F)cc2)ccc1-n1cnc(C)c1. The van der Waals surface area contributed by atoms with E-state index < -0.39 is 5.72 Å². The van der Waals surface area contributed by atoms with Gasteiger partial charge in [0.05, 0.1) is 31.4 Å². The molecule has 2 aliphatic rings. The second-order valence-corrected chi connectivity index (χ2v) is 9.10. The van der Waals surface area contributed by atoms with Gasteiger partial charge in [0.15, 0.2) is 5.84 Å². The van der Waals surface area contributed by atoms with E-state index in [0.29, 0.717) is 6.54 Å². The summed E-state index contributed by atoms with van der Waals surface area (Å²) in [6, 6.07) is 12.2. The number of benzene rings is 2. The topological polar surface area (TPSA) is 72.2 Å². The van der Waals surface area contributed by atoms with Crippen molar-refractivity contribution in [2.75, 3.05) is 27.2 Å². The van der Waals surface area contributed by atoms with Crippen molar-refractivity contribution in [2.24, 2.45) is 5.16 Å². The molecular formula is C27H28FN5O3. The fraction of sp³-hybridized carbons (Fsp3) is 0.296. The molecule has 2 aliphatic heterocycles. The number of fused-ring (bicyclic) bond motifs is 1. The van der Waals surface area contributed by atoms with Crippen LogP contribution in [0.3, 0.4) is 0 Å². The van der Waals surface area contributed by atoms with Gasteiger partial charge < -0.3 is 23.9 Å². The summed E-state index contributed by atoms with van der Waals surface area (Å²) in [5.41, 5.74) is 3.52. The quantitative estimate of drug-likeness (QED) is 0.468. The van der Waals surface area contributed by atoms with Crippen molar-refractivity contribution in [1.82, 2.24) is 19.4 Å². The van der Waals surface area contributed by atoms with E-state index in [1.54, 1.807) is 32.6 Å². The van der Waals surface area contributed by atoms with Crippen LogP contribution >= 0.6 is 0 Å². The first kappa shape index (κ1) is 23.6. The van der Waals surface area contributed by atoms with E-state index in [4.69, 9.17) is 9.57 Å². The molecule has 0 aliphatic carbocycles. The highest BCUT2D eigenvalue weighted by atomic mass is 19.1. The Hall–Kier alpha value is -4.14. The molecule has 3 aromatic rings. The zero-order valence-electron chi connectivity index (χ0n) is 20.5. The second-order valence-electron chi connectivity index (χ2n) is 9.10. The standard InChI is InChI=1S/C27H28FN5O3/c1-19-15-32(17-29-19)24-11-6-20(14-25(24)35-3)13-21-5-4-12-33-26(21)30-36-27(33,16-31(2)18-34)22-7-9-23(28)10-8-22/h6-11,13-15,17-18H,4-5,12,16H2,1-3H3/t27-/m1/s1. The maximum absolute atomic E-state index is 13.7. The Morgan fingerprint density at radius 1 is 1.25 bits per heavy atom. The number of methoxy groups -OCH3 is 1. The third kappa shape index (κ3) is 4.21. The van der Waals surface area contributed by atoms with Gasteiger partial charge in [0.2, 0.25) is 6.41 Å². The molecule has 36 heavy (non-hydrogen) atoms. The number of carbonyl (C=O) groups excluding carboxylic acids is 1. The zero-order chi connectivity index (χ0) is 25.3. The van der Waals surface area contributed by atoms with Crippen LogP contribution in [0.4, 0.5) is 4.39 Å². The fourth-order valence-corrected chi connectivity index (χ4v) is 4.83. The van der Waals surface area contributed by atoms with E-state index in [1.807, 2.05) is 35.9 Å². The number of aryl methyl sites for hydroxylation is 1. The molecule has 1 saturated heterocycles. The molecule has 1 aromatic heterocycles. The summed E-state index contributed by atoms with van der Waals surface area (Å²) >= 11 is 0. The lowest BCUT2D eigenvalue weighted by Crippen LogP contribution is -2.54. The molecule has 0 saturated carbocycles. The van der Waals surface area contributed by atoms with E-state index in [1.165, 1.54) is 17.0 Å². The maximum atomic E-state index is 13.7. The smallest absolute Gasteiger partial charge is 0.254 e. The number of nitrogens with zero attached hydrogens (tertiary/aromatic N) is 5. The Labute approximate surface area is 209 Å². The van der Waals surface area contributed by atoms with Crippen molar-refractivity contribution in [1.29, 1.82) is 0 Å². The Bertz CT molecular complexity index is 1330. The molecule has 0 unspecified atom stereocenters. The number of imidazole rings is 1. The van der Waals surface area contributed by atoms with Crippen molar-refractivity contribution < 1.29 is 18.8 Å². The molecule has 1 amide bonds. The highest BCUT2D eigenvalue weighted by Crippen LogP contribution is 2.41. The minimum Gasteiger partial charge on any atom is -0.495 e. The molecule has 8 nitrogen and oxygen atoms in total. The number of amides is 1. The van der Waals surface area contributed by atoms with Crippen LogP contribution in [-0.2, 0) is 15.4 Å². The molecule has 1 atom stereocenters. The predicted molar refractivity (Wildman–Crippen MR) is 134 cm³/mol. The summed E-state index contributed by atoms with van der Waals surface area (Å²) in [5, 5.41) is 4.48. The lowest BCUT2D eigenvalue weighted by molar-refractivity contribution is -0.137. The number of piperidine rings is 1. The molecule has 1 fully saturated rings. The molecule has 9 heteroatoms. The number of aromatic nitrogens is 2. The van der Waals surface area contributed by atoms with Gasteiger partial charge in [-0.1, -0.05) is 11.2 Å². The van der Waals surface area contributed by atoms with Crippen LogP contribution in [0, 0.1) is 12.7 Å². The van der Waals surface area contributed by atoms with E-state index in [0.717, 1.165) is 58.9 Å². The van der Waals surface area contributed by atoms with Crippen molar-refractivity contribution in [3.8, 4) is 11.4 Å². The van der Waals surface area contributed by atoms with Crippen LogP contribution in [-0.4, -0.2) is 58.8 Å². The van der Waals surface area contributed by atoms with Gasteiger partial charge >= 0.3 is 0 Å². The van der Waals surface area contributed by atoms with E-state index in [9.17, 15) is 9.18 Å². The van der Waals surface area contributed by atoms with Gasteiger partial charge in [0.25, 0.3) is 5.72 Å². The molecule has 2 aromatic carbocycles. The first-order valence-corrected chi connectivity index (χ1v) is 11.8. The second kappa shape index (κ2) is 9.49.